The van der Waals surface area contributed by atoms with E-state index in [0.717, 1.165) is 88.4 Å². The van der Waals surface area contributed by atoms with Gasteiger partial charge < -0.3 is 39.5 Å². The summed E-state index contributed by atoms with van der Waals surface area (Å²) in [5, 5.41) is 24.7. The van der Waals surface area contributed by atoms with E-state index in [1.54, 1.807) is 45.6 Å². The van der Waals surface area contributed by atoms with Gasteiger partial charge in [-0.05, 0) is 145 Å². The summed E-state index contributed by atoms with van der Waals surface area (Å²) in [6.07, 6.45) is 0.345. The Hall–Kier alpha value is -6.92. The standard InChI is InChI=1S/C19H24N2O4.C19H26N2O2.C12H19NO2.C7H6BrNO2/c1-14(2)25-19-11-16(7-10-18(19)24-4)13-20(3)12-15-5-8-17(9-6-15)21(22)23;1-14(2)23-19-11-16(7-10-18(19)22-4)13-21(3)12-15-5-8-17(20)9-6-15;1-9(2)15-12-7-10(8-13-3)5-6-11(12)14-4;8-5-6-1-3-7(4-2-6)9(10)11/h5-11,14H,12-13H2,1-4H3;5-11,14H,12-13,20H2,1-4H3;5-7,9,13H,8H2,1-4H3;1-4H,5H2. The highest BCUT2D eigenvalue weighted by Crippen LogP contribution is 2.32. The predicted octanol–water partition coefficient (Wildman–Crippen LogP) is 12.4. The fourth-order valence-corrected chi connectivity index (χ4v) is 7.50. The topological polar surface area (TPSA) is 186 Å². The van der Waals surface area contributed by atoms with E-state index in [1.165, 1.54) is 41.0 Å². The molecule has 400 valence electrons. The third-order valence-electron chi connectivity index (χ3n) is 10.4. The van der Waals surface area contributed by atoms with Crippen molar-refractivity contribution in [3.05, 3.63) is 181 Å². The molecule has 0 heterocycles. The molecule has 0 atom stereocenters. The van der Waals surface area contributed by atoms with E-state index < -0.39 is 4.92 Å². The van der Waals surface area contributed by atoms with Gasteiger partial charge in [-0.25, -0.2) is 0 Å². The Kier molecular flexibility index (Phi) is 26.8. The van der Waals surface area contributed by atoms with Crippen molar-refractivity contribution in [2.75, 3.05) is 48.2 Å². The molecule has 0 spiro atoms. The van der Waals surface area contributed by atoms with Gasteiger partial charge >= 0.3 is 0 Å². The van der Waals surface area contributed by atoms with E-state index in [4.69, 9.17) is 34.2 Å². The number of methoxy groups -OCH3 is 3. The molecule has 6 aromatic carbocycles. The SMILES string of the molecule is CNCc1ccc(OC)c(OC(C)C)c1.COc1ccc(CN(C)Cc2ccc(N)cc2)cc1OC(C)C.COc1ccc(CN(C)Cc2ccc([N+](=O)[O-])cc2)cc1OC(C)C.O=[N+]([O-])c1ccc(CBr)cc1. The molecule has 0 bridgehead atoms. The minimum absolute atomic E-state index is 0.0713. The minimum atomic E-state index is -0.405. The van der Waals surface area contributed by atoms with Crippen LogP contribution in [0.1, 0.15) is 74.9 Å². The monoisotopic (exact) mass is 1080 g/mol. The third-order valence-corrected chi connectivity index (χ3v) is 11.0. The second-order valence-electron chi connectivity index (χ2n) is 18.1. The highest BCUT2D eigenvalue weighted by atomic mass is 79.9. The predicted molar refractivity (Wildman–Crippen MR) is 299 cm³/mol. The van der Waals surface area contributed by atoms with Crippen molar-refractivity contribution in [3.8, 4) is 34.5 Å². The Morgan fingerprint density at radius 3 is 1.09 bits per heavy atom. The first kappa shape index (κ1) is 61.4. The summed E-state index contributed by atoms with van der Waals surface area (Å²) in [7, 11) is 11.0. The van der Waals surface area contributed by atoms with E-state index in [9.17, 15) is 20.2 Å². The minimum Gasteiger partial charge on any atom is -0.493 e. The van der Waals surface area contributed by atoms with Crippen molar-refractivity contribution >= 4 is 33.0 Å². The number of nitrogens with one attached hydrogen (secondary N) is 1. The second-order valence-corrected chi connectivity index (χ2v) is 18.6. The molecular formula is C57H75BrN6O10. The largest absolute Gasteiger partial charge is 0.493 e. The summed E-state index contributed by atoms with van der Waals surface area (Å²) in [6.45, 7) is 16.0. The molecule has 0 aromatic heterocycles. The second kappa shape index (κ2) is 32.3. The summed E-state index contributed by atoms with van der Waals surface area (Å²) in [6, 6.07) is 39.1. The van der Waals surface area contributed by atoms with E-state index in [-0.39, 0.29) is 34.6 Å². The number of nitrogen functional groups attached to an aromatic ring is 1. The molecule has 0 unspecified atom stereocenters. The number of non-ortho nitro benzene ring substituents is 2. The first-order valence-corrected chi connectivity index (χ1v) is 25.3. The first-order chi connectivity index (χ1) is 35.3. The number of nitrogens with zero attached hydrogens (tertiary/aromatic N) is 4. The van der Waals surface area contributed by atoms with Crippen LogP contribution in [0.4, 0.5) is 17.1 Å². The molecule has 0 fully saturated rings. The van der Waals surface area contributed by atoms with Gasteiger partial charge in [0.25, 0.3) is 11.4 Å². The highest BCUT2D eigenvalue weighted by Gasteiger charge is 2.13. The number of benzene rings is 6. The third kappa shape index (κ3) is 22.5. The Morgan fingerprint density at radius 1 is 0.486 bits per heavy atom. The van der Waals surface area contributed by atoms with Gasteiger partial charge in [0, 0.05) is 68.0 Å². The van der Waals surface area contributed by atoms with Crippen molar-refractivity contribution in [2.24, 2.45) is 0 Å². The average molecular weight is 1080 g/mol. The summed E-state index contributed by atoms with van der Waals surface area (Å²) >= 11 is 3.25. The summed E-state index contributed by atoms with van der Waals surface area (Å²) in [4.78, 5) is 24.5. The molecule has 0 radical (unpaired) electrons. The average Bonchev–Trinajstić information content (AvgIpc) is 3.35. The van der Waals surface area contributed by atoms with E-state index in [2.05, 4.69) is 62.4 Å². The quantitative estimate of drug-likeness (QED) is 0.0283. The Labute approximate surface area is 446 Å². The van der Waals surface area contributed by atoms with Crippen LogP contribution in [0.2, 0.25) is 0 Å². The van der Waals surface area contributed by atoms with Gasteiger partial charge in [0.15, 0.2) is 34.5 Å². The highest BCUT2D eigenvalue weighted by molar-refractivity contribution is 9.08. The van der Waals surface area contributed by atoms with Crippen LogP contribution in [0.5, 0.6) is 34.5 Å². The van der Waals surface area contributed by atoms with E-state index in [0.29, 0.717) is 6.54 Å². The van der Waals surface area contributed by atoms with Crippen LogP contribution in [0.15, 0.2) is 127 Å². The maximum absolute atomic E-state index is 10.7. The molecule has 0 amide bonds. The fourth-order valence-electron chi connectivity index (χ4n) is 7.12. The molecule has 17 heteroatoms. The van der Waals surface area contributed by atoms with Crippen molar-refractivity contribution < 1.29 is 38.3 Å². The zero-order chi connectivity index (χ0) is 54.7. The maximum atomic E-state index is 10.7. The number of halogens is 1. The van der Waals surface area contributed by atoms with Crippen molar-refractivity contribution in [1.82, 2.24) is 15.1 Å². The Bertz CT molecular complexity index is 2600. The molecule has 6 rings (SSSR count). The number of alkyl halides is 1. The summed E-state index contributed by atoms with van der Waals surface area (Å²) < 4.78 is 33.2. The zero-order valence-electron chi connectivity index (χ0n) is 44.9. The first-order valence-electron chi connectivity index (χ1n) is 24.2. The number of hydrogen-bond donors (Lipinski definition) is 2. The summed E-state index contributed by atoms with van der Waals surface area (Å²) in [5.74, 6) is 4.60. The molecule has 74 heavy (non-hydrogen) atoms. The smallest absolute Gasteiger partial charge is 0.269 e. The number of rotatable bonds is 22. The number of nitrogens with two attached hydrogens (primary N) is 1. The van der Waals surface area contributed by atoms with Gasteiger partial charge in [0.2, 0.25) is 0 Å². The molecular weight excluding hydrogens is 1010 g/mol. The van der Waals surface area contributed by atoms with E-state index >= 15 is 0 Å². The molecule has 0 aliphatic carbocycles. The lowest BCUT2D eigenvalue weighted by Crippen LogP contribution is -2.17. The number of hydrogen-bond acceptors (Lipinski definition) is 14. The molecule has 0 aliphatic heterocycles. The molecule has 16 nitrogen and oxygen atoms in total. The van der Waals surface area contributed by atoms with Gasteiger partial charge in [0.1, 0.15) is 0 Å². The lowest BCUT2D eigenvalue weighted by Gasteiger charge is -2.19. The molecule has 0 saturated heterocycles. The van der Waals surface area contributed by atoms with Gasteiger partial charge in [-0.2, -0.15) is 0 Å². The Morgan fingerprint density at radius 2 is 0.784 bits per heavy atom. The van der Waals surface area contributed by atoms with Gasteiger partial charge in [0.05, 0.1) is 49.5 Å². The van der Waals surface area contributed by atoms with Crippen molar-refractivity contribution in [1.29, 1.82) is 0 Å². The van der Waals surface area contributed by atoms with Crippen LogP contribution in [0, 0.1) is 20.2 Å². The lowest BCUT2D eigenvalue weighted by atomic mass is 10.1. The van der Waals surface area contributed by atoms with Crippen LogP contribution in [0.25, 0.3) is 0 Å². The molecule has 0 saturated carbocycles. The summed E-state index contributed by atoms with van der Waals surface area (Å²) in [5.41, 5.74) is 13.6. The van der Waals surface area contributed by atoms with Crippen LogP contribution in [0.3, 0.4) is 0 Å². The Balaban J connectivity index is 0.000000272. The normalized spacial score (nSPS) is 10.7. The zero-order valence-corrected chi connectivity index (χ0v) is 46.5. The number of nitro groups is 2. The molecule has 3 N–H and O–H groups in total. The lowest BCUT2D eigenvalue weighted by molar-refractivity contribution is -0.385. The van der Waals surface area contributed by atoms with Crippen LogP contribution >= 0.6 is 15.9 Å². The molecule has 0 aliphatic rings. The molecule has 6 aromatic rings. The van der Waals surface area contributed by atoms with Crippen LogP contribution in [-0.2, 0) is 38.1 Å². The van der Waals surface area contributed by atoms with E-state index in [1.807, 2.05) is 110 Å². The van der Waals surface area contributed by atoms with Gasteiger partial charge in [-0.3, -0.25) is 30.0 Å². The fraction of sp³-hybridized carbons (Fsp3) is 0.368. The number of nitro benzene ring substituents is 2. The number of ether oxygens (including phenoxy) is 6. The van der Waals surface area contributed by atoms with Crippen molar-refractivity contribution in [2.45, 2.75) is 97.9 Å². The van der Waals surface area contributed by atoms with Gasteiger partial charge in [-0.1, -0.05) is 70.5 Å². The number of anilines is 1. The maximum Gasteiger partial charge on any atom is 0.269 e. The van der Waals surface area contributed by atoms with Crippen molar-refractivity contribution in [3.63, 3.8) is 0 Å². The van der Waals surface area contributed by atoms with Gasteiger partial charge in [-0.15, -0.1) is 0 Å². The van der Waals surface area contributed by atoms with Crippen LogP contribution in [-0.4, -0.2) is 80.4 Å². The van der Waals surface area contributed by atoms with Crippen LogP contribution < -0.4 is 39.5 Å².